The van der Waals surface area contributed by atoms with Gasteiger partial charge in [-0.05, 0) is 36.1 Å². The lowest BCUT2D eigenvalue weighted by Crippen LogP contribution is -2.12. The van der Waals surface area contributed by atoms with Gasteiger partial charge < -0.3 is 14.2 Å². The van der Waals surface area contributed by atoms with Crippen LogP contribution in [0.4, 0.5) is 0 Å². The van der Waals surface area contributed by atoms with Crippen molar-refractivity contribution in [3.05, 3.63) is 35.9 Å². The molecule has 0 bridgehead atoms. The Balaban J connectivity index is 2.34. The maximum atomic E-state index is 11.0. The highest BCUT2D eigenvalue weighted by Gasteiger charge is 2.05. The minimum atomic E-state index is -0.387. The van der Waals surface area contributed by atoms with E-state index in [1.54, 1.807) is 6.08 Å². The highest BCUT2D eigenvalue weighted by Crippen LogP contribution is 2.14. The first kappa shape index (κ1) is 17.8. The Kier molecular flexibility index (Phi) is 7.75. The van der Waals surface area contributed by atoms with Crippen molar-refractivity contribution in [3.8, 4) is 5.75 Å². The van der Waals surface area contributed by atoms with Gasteiger partial charge in [-0.25, -0.2) is 4.79 Å². The first-order chi connectivity index (χ1) is 10.5. The molecule has 1 aromatic carbocycles. The molecule has 0 saturated carbocycles. The Bertz CT molecular complexity index is 504. The van der Waals surface area contributed by atoms with Crippen LogP contribution in [-0.2, 0) is 19.1 Å². The molecule has 5 nitrogen and oxygen atoms in total. The summed E-state index contributed by atoms with van der Waals surface area (Å²) >= 11 is 0. The summed E-state index contributed by atoms with van der Waals surface area (Å²) < 4.78 is 15.1. The van der Waals surface area contributed by atoms with Crippen LogP contribution in [0.3, 0.4) is 0 Å². The van der Waals surface area contributed by atoms with E-state index in [1.165, 1.54) is 20.1 Å². The van der Waals surface area contributed by atoms with Crippen molar-refractivity contribution in [1.29, 1.82) is 0 Å². The number of ether oxygens (including phenoxy) is 3. The molecule has 1 aromatic rings. The first-order valence-corrected chi connectivity index (χ1v) is 7.13. The average molecular weight is 306 g/mol. The second-order valence-corrected chi connectivity index (χ2v) is 4.97. The van der Waals surface area contributed by atoms with E-state index in [-0.39, 0.29) is 17.9 Å². The molecule has 0 aliphatic heterocycles. The van der Waals surface area contributed by atoms with Gasteiger partial charge >= 0.3 is 11.9 Å². The van der Waals surface area contributed by atoms with E-state index in [1.807, 2.05) is 31.2 Å². The zero-order chi connectivity index (χ0) is 16.4. The van der Waals surface area contributed by atoms with E-state index in [9.17, 15) is 9.59 Å². The smallest absolute Gasteiger partial charge is 0.330 e. The number of esters is 2. The van der Waals surface area contributed by atoms with Crippen molar-refractivity contribution in [3.63, 3.8) is 0 Å². The van der Waals surface area contributed by atoms with Crippen molar-refractivity contribution in [2.45, 2.75) is 20.3 Å². The fraction of sp³-hybridized carbons (Fsp3) is 0.412. The molecule has 5 heteroatoms. The quantitative estimate of drug-likeness (QED) is 0.546. The molecular weight excluding hydrogens is 284 g/mol. The van der Waals surface area contributed by atoms with Gasteiger partial charge in [-0.2, -0.15) is 0 Å². The predicted octanol–water partition coefficient (Wildman–Crippen LogP) is 2.84. The van der Waals surface area contributed by atoms with Crippen molar-refractivity contribution in [1.82, 2.24) is 0 Å². The maximum Gasteiger partial charge on any atom is 0.330 e. The molecule has 0 spiro atoms. The van der Waals surface area contributed by atoms with Gasteiger partial charge in [-0.15, -0.1) is 0 Å². The number of methoxy groups -OCH3 is 1. The minimum Gasteiger partial charge on any atom is -0.494 e. The van der Waals surface area contributed by atoms with Gasteiger partial charge in [0.25, 0.3) is 0 Å². The minimum absolute atomic E-state index is 0.256. The molecule has 1 atom stereocenters. The van der Waals surface area contributed by atoms with Gasteiger partial charge in [-0.1, -0.05) is 19.1 Å². The third kappa shape index (κ3) is 7.47. The maximum absolute atomic E-state index is 11.0. The van der Waals surface area contributed by atoms with Crippen LogP contribution in [0.1, 0.15) is 25.8 Å². The summed E-state index contributed by atoms with van der Waals surface area (Å²) in [6.45, 7) is 4.38. The molecular formula is C17H22O5. The van der Waals surface area contributed by atoms with Crippen molar-refractivity contribution < 1.29 is 23.8 Å². The van der Waals surface area contributed by atoms with Crippen LogP contribution in [0, 0.1) is 5.92 Å². The first-order valence-electron chi connectivity index (χ1n) is 7.13. The Hall–Kier alpha value is -2.30. The number of benzene rings is 1. The lowest BCUT2D eigenvalue weighted by Gasteiger charge is -2.12. The normalized spacial score (nSPS) is 12.0. The van der Waals surface area contributed by atoms with Gasteiger partial charge in [0.05, 0.1) is 20.3 Å². The van der Waals surface area contributed by atoms with Crippen LogP contribution in [-0.4, -0.2) is 32.3 Å². The second-order valence-electron chi connectivity index (χ2n) is 4.97. The molecule has 120 valence electrons. The van der Waals surface area contributed by atoms with E-state index < -0.39 is 0 Å². The summed E-state index contributed by atoms with van der Waals surface area (Å²) in [7, 11) is 1.34. The van der Waals surface area contributed by atoms with Gasteiger partial charge in [0.1, 0.15) is 5.75 Å². The fourth-order valence-electron chi connectivity index (χ4n) is 1.63. The Morgan fingerprint density at radius 2 is 1.91 bits per heavy atom. The second kappa shape index (κ2) is 9.60. The highest BCUT2D eigenvalue weighted by molar-refractivity contribution is 5.86. The molecule has 0 N–H and O–H groups in total. The molecule has 0 saturated heterocycles. The molecule has 1 unspecified atom stereocenters. The Morgan fingerprint density at radius 3 is 2.50 bits per heavy atom. The topological polar surface area (TPSA) is 61.8 Å². The van der Waals surface area contributed by atoms with Crippen LogP contribution < -0.4 is 4.74 Å². The zero-order valence-electron chi connectivity index (χ0n) is 13.2. The summed E-state index contributed by atoms with van der Waals surface area (Å²) in [4.78, 5) is 21.7. The van der Waals surface area contributed by atoms with E-state index in [2.05, 4.69) is 4.74 Å². The SMILES string of the molecule is COC(=O)/C=C/c1ccc(OCCC(C)COC(C)=O)cc1. The van der Waals surface area contributed by atoms with Gasteiger partial charge in [0, 0.05) is 13.0 Å². The van der Waals surface area contributed by atoms with Crippen LogP contribution >= 0.6 is 0 Å². The largest absolute Gasteiger partial charge is 0.494 e. The van der Waals surface area contributed by atoms with Crippen molar-refractivity contribution >= 4 is 18.0 Å². The molecule has 0 aromatic heterocycles. The molecule has 0 amide bonds. The highest BCUT2D eigenvalue weighted by atomic mass is 16.5. The monoisotopic (exact) mass is 306 g/mol. The molecule has 0 heterocycles. The summed E-state index contributed by atoms with van der Waals surface area (Å²) in [6.07, 6.45) is 3.85. The van der Waals surface area contributed by atoms with Gasteiger partial charge in [0.2, 0.25) is 0 Å². The number of hydrogen-bond acceptors (Lipinski definition) is 5. The number of carbonyl (C=O) groups is 2. The van der Waals surface area contributed by atoms with Crippen LogP contribution in [0.5, 0.6) is 5.75 Å². The molecule has 0 aliphatic carbocycles. The van der Waals surface area contributed by atoms with Crippen molar-refractivity contribution in [2.24, 2.45) is 5.92 Å². The Labute approximate surface area is 130 Å². The van der Waals surface area contributed by atoms with E-state index >= 15 is 0 Å². The van der Waals surface area contributed by atoms with Crippen LogP contribution in [0.2, 0.25) is 0 Å². The summed E-state index contributed by atoms with van der Waals surface area (Å²) in [5, 5.41) is 0. The van der Waals surface area contributed by atoms with E-state index in [0.29, 0.717) is 13.2 Å². The lowest BCUT2D eigenvalue weighted by atomic mass is 10.1. The molecule has 22 heavy (non-hydrogen) atoms. The molecule has 1 rings (SSSR count). The van der Waals surface area contributed by atoms with E-state index in [0.717, 1.165) is 17.7 Å². The lowest BCUT2D eigenvalue weighted by molar-refractivity contribution is -0.142. The van der Waals surface area contributed by atoms with Crippen LogP contribution in [0.15, 0.2) is 30.3 Å². The van der Waals surface area contributed by atoms with Crippen LogP contribution in [0.25, 0.3) is 6.08 Å². The third-order valence-corrected chi connectivity index (χ3v) is 2.94. The average Bonchev–Trinajstić information content (AvgIpc) is 2.51. The fourth-order valence-corrected chi connectivity index (χ4v) is 1.63. The van der Waals surface area contributed by atoms with E-state index in [4.69, 9.17) is 9.47 Å². The standard InChI is InChI=1S/C17H22O5/c1-13(12-22-14(2)18)10-11-21-16-7-4-15(5-8-16)6-9-17(19)20-3/h4-9,13H,10-12H2,1-3H3/b9-6+. The summed E-state index contributed by atoms with van der Waals surface area (Å²) in [5.74, 6) is 0.367. The molecule has 0 fully saturated rings. The van der Waals surface area contributed by atoms with Gasteiger partial charge in [-0.3, -0.25) is 4.79 Å². The predicted molar refractivity (Wildman–Crippen MR) is 83.4 cm³/mol. The van der Waals surface area contributed by atoms with Crippen molar-refractivity contribution in [2.75, 3.05) is 20.3 Å². The number of carbonyl (C=O) groups excluding carboxylic acids is 2. The van der Waals surface area contributed by atoms with Gasteiger partial charge in [0.15, 0.2) is 0 Å². The number of rotatable bonds is 8. The summed E-state index contributed by atoms with van der Waals surface area (Å²) in [5.41, 5.74) is 0.890. The Morgan fingerprint density at radius 1 is 1.23 bits per heavy atom. The summed E-state index contributed by atoms with van der Waals surface area (Å²) in [6, 6.07) is 7.40. The number of hydrogen-bond donors (Lipinski definition) is 0. The molecule has 0 radical (unpaired) electrons. The third-order valence-electron chi connectivity index (χ3n) is 2.94. The zero-order valence-corrected chi connectivity index (χ0v) is 13.2. The molecule has 0 aliphatic rings.